The Morgan fingerprint density at radius 1 is 1.20 bits per heavy atom. The van der Waals surface area contributed by atoms with Gasteiger partial charge in [-0.1, -0.05) is 17.7 Å². The first-order chi connectivity index (χ1) is 9.60. The second-order valence-corrected chi connectivity index (χ2v) is 5.07. The maximum atomic E-state index is 12.1. The number of piperidine rings is 1. The normalized spacial score (nSPS) is 15.8. The van der Waals surface area contributed by atoms with Gasteiger partial charge >= 0.3 is 6.09 Å². The van der Waals surface area contributed by atoms with Gasteiger partial charge in [0.05, 0.1) is 7.11 Å². The van der Waals surface area contributed by atoms with Crippen LogP contribution in [0.5, 0.6) is 0 Å². The average Bonchev–Trinajstić information content (AvgIpc) is 2.48. The molecule has 0 radical (unpaired) electrons. The highest BCUT2D eigenvalue weighted by atomic mass is 16.5. The molecule has 1 aromatic carbocycles. The van der Waals surface area contributed by atoms with Gasteiger partial charge in [0.2, 0.25) is 0 Å². The highest BCUT2D eigenvalue weighted by molar-refractivity contribution is 5.94. The summed E-state index contributed by atoms with van der Waals surface area (Å²) >= 11 is 0. The van der Waals surface area contributed by atoms with Gasteiger partial charge in [0.15, 0.2) is 0 Å². The molecular formula is C15H20N2O3. The number of hydrogen-bond acceptors (Lipinski definition) is 3. The van der Waals surface area contributed by atoms with Crippen molar-refractivity contribution in [3.63, 3.8) is 0 Å². The van der Waals surface area contributed by atoms with Gasteiger partial charge in [-0.25, -0.2) is 4.79 Å². The number of benzene rings is 1. The third kappa shape index (κ3) is 3.50. The van der Waals surface area contributed by atoms with Crippen LogP contribution < -0.4 is 5.32 Å². The van der Waals surface area contributed by atoms with Crippen LogP contribution >= 0.6 is 0 Å². The molecule has 2 rings (SSSR count). The minimum atomic E-state index is -0.298. The van der Waals surface area contributed by atoms with E-state index < -0.39 is 0 Å². The summed E-state index contributed by atoms with van der Waals surface area (Å²) in [6, 6.07) is 7.62. The number of methoxy groups -OCH3 is 1. The van der Waals surface area contributed by atoms with Crippen LogP contribution in [0.25, 0.3) is 0 Å². The van der Waals surface area contributed by atoms with E-state index in [4.69, 9.17) is 0 Å². The van der Waals surface area contributed by atoms with Gasteiger partial charge in [-0.05, 0) is 31.9 Å². The molecule has 1 aliphatic heterocycles. The van der Waals surface area contributed by atoms with Gasteiger partial charge in [0.25, 0.3) is 5.91 Å². The Balaban J connectivity index is 1.85. The van der Waals surface area contributed by atoms with Crippen molar-refractivity contribution in [2.24, 2.45) is 0 Å². The predicted octanol–water partition coefficient (Wildman–Crippen LogP) is 1.96. The van der Waals surface area contributed by atoms with Crippen molar-refractivity contribution in [1.82, 2.24) is 10.2 Å². The minimum Gasteiger partial charge on any atom is -0.453 e. The highest BCUT2D eigenvalue weighted by Gasteiger charge is 2.24. The molecule has 20 heavy (non-hydrogen) atoms. The zero-order valence-corrected chi connectivity index (χ0v) is 11.9. The molecule has 0 unspecified atom stereocenters. The summed E-state index contributed by atoms with van der Waals surface area (Å²) in [4.78, 5) is 25.1. The molecule has 1 saturated heterocycles. The monoisotopic (exact) mass is 276 g/mol. The fourth-order valence-electron chi connectivity index (χ4n) is 2.31. The third-order valence-corrected chi connectivity index (χ3v) is 3.58. The first kappa shape index (κ1) is 14.4. The van der Waals surface area contributed by atoms with Crippen molar-refractivity contribution in [2.75, 3.05) is 20.2 Å². The number of nitrogens with one attached hydrogen (secondary N) is 1. The zero-order valence-electron chi connectivity index (χ0n) is 11.9. The van der Waals surface area contributed by atoms with Gasteiger partial charge in [0, 0.05) is 24.7 Å². The Morgan fingerprint density at radius 3 is 2.35 bits per heavy atom. The third-order valence-electron chi connectivity index (χ3n) is 3.58. The van der Waals surface area contributed by atoms with Gasteiger partial charge in [0.1, 0.15) is 0 Å². The molecule has 108 valence electrons. The predicted molar refractivity (Wildman–Crippen MR) is 75.6 cm³/mol. The largest absolute Gasteiger partial charge is 0.453 e. The number of amides is 2. The van der Waals surface area contributed by atoms with E-state index in [-0.39, 0.29) is 18.0 Å². The van der Waals surface area contributed by atoms with Crippen molar-refractivity contribution in [1.29, 1.82) is 0 Å². The molecular weight excluding hydrogens is 256 g/mol. The summed E-state index contributed by atoms with van der Waals surface area (Å²) < 4.78 is 4.69. The fourth-order valence-corrected chi connectivity index (χ4v) is 2.31. The maximum absolute atomic E-state index is 12.1. The van der Waals surface area contributed by atoms with Crippen LogP contribution in [0, 0.1) is 6.92 Å². The molecule has 0 spiro atoms. The quantitative estimate of drug-likeness (QED) is 0.898. The average molecular weight is 276 g/mol. The topological polar surface area (TPSA) is 58.6 Å². The van der Waals surface area contributed by atoms with E-state index in [0.29, 0.717) is 18.7 Å². The molecule has 0 aliphatic carbocycles. The molecule has 0 aromatic heterocycles. The number of rotatable bonds is 2. The first-order valence-electron chi connectivity index (χ1n) is 6.80. The molecule has 1 N–H and O–H groups in total. The van der Waals surface area contributed by atoms with Crippen LogP contribution in [0.2, 0.25) is 0 Å². The van der Waals surface area contributed by atoms with E-state index in [9.17, 15) is 9.59 Å². The number of likely N-dealkylation sites (tertiary alicyclic amines) is 1. The molecule has 5 nitrogen and oxygen atoms in total. The number of hydrogen-bond donors (Lipinski definition) is 1. The van der Waals surface area contributed by atoms with Gasteiger partial charge in [-0.15, -0.1) is 0 Å². The first-order valence-corrected chi connectivity index (χ1v) is 6.80. The Hall–Kier alpha value is -2.04. The van der Waals surface area contributed by atoms with Crippen molar-refractivity contribution >= 4 is 12.0 Å². The number of ether oxygens (including phenoxy) is 1. The highest BCUT2D eigenvalue weighted by Crippen LogP contribution is 2.12. The van der Waals surface area contributed by atoms with Crippen molar-refractivity contribution in [2.45, 2.75) is 25.8 Å². The van der Waals surface area contributed by atoms with Crippen LogP contribution in [-0.2, 0) is 4.74 Å². The van der Waals surface area contributed by atoms with Crippen molar-refractivity contribution in [3.05, 3.63) is 35.4 Å². The summed E-state index contributed by atoms with van der Waals surface area (Å²) in [5.74, 6) is -0.0541. The Labute approximate surface area is 118 Å². The molecule has 0 atom stereocenters. The van der Waals surface area contributed by atoms with E-state index in [1.165, 1.54) is 7.11 Å². The van der Waals surface area contributed by atoms with E-state index >= 15 is 0 Å². The lowest BCUT2D eigenvalue weighted by atomic mass is 10.0. The second kappa shape index (κ2) is 6.41. The van der Waals surface area contributed by atoms with Crippen LogP contribution in [-0.4, -0.2) is 43.1 Å². The second-order valence-electron chi connectivity index (χ2n) is 5.07. The van der Waals surface area contributed by atoms with Crippen LogP contribution in [0.15, 0.2) is 24.3 Å². The Kier molecular flexibility index (Phi) is 4.61. The molecule has 1 fully saturated rings. The summed E-state index contributed by atoms with van der Waals surface area (Å²) in [5.41, 5.74) is 1.80. The van der Waals surface area contributed by atoms with Crippen molar-refractivity contribution < 1.29 is 14.3 Å². The van der Waals surface area contributed by atoms with Gasteiger partial charge in [-0.3, -0.25) is 4.79 Å². The van der Waals surface area contributed by atoms with E-state index in [0.717, 1.165) is 18.4 Å². The summed E-state index contributed by atoms with van der Waals surface area (Å²) in [6.07, 6.45) is 1.22. The van der Waals surface area contributed by atoms with E-state index in [2.05, 4.69) is 10.1 Å². The minimum absolute atomic E-state index is 0.0541. The lowest BCUT2D eigenvalue weighted by Crippen LogP contribution is -2.46. The van der Waals surface area contributed by atoms with Crippen LogP contribution in [0.4, 0.5) is 4.79 Å². The van der Waals surface area contributed by atoms with Gasteiger partial charge in [-0.2, -0.15) is 0 Å². The van der Waals surface area contributed by atoms with E-state index in [1.54, 1.807) is 4.90 Å². The Morgan fingerprint density at radius 2 is 1.80 bits per heavy atom. The molecule has 1 aliphatic rings. The lowest BCUT2D eigenvalue weighted by Gasteiger charge is -2.31. The number of aryl methyl sites for hydroxylation is 1. The lowest BCUT2D eigenvalue weighted by molar-refractivity contribution is 0.0892. The standard InChI is InChI=1S/C15H20N2O3/c1-11-3-5-12(6-4-11)14(18)16-13-7-9-17(10-8-13)15(19)20-2/h3-6,13H,7-10H2,1-2H3,(H,16,18). The number of carbonyl (C=O) groups excluding carboxylic acids is 2. The maximum Gasteiger partial charge on any atom is 0.409 e. The smallest absolute Gasteiger partial charge is 0.409 e. The molecule has 2 amide bonds. The number of carbonyl (C=O) groups is 2. The SMILES string of the molecule is COC(=O)N1CCC(NC(=O)c2ccc(C)cc2)CC1. The fraction of sp³-hybridized carbons (Fsp3) is 0.467. The molecule has 0 bridgehead atoms. The number of nitrogens with zero attached hydrogens (tertiary/aromatic N) is 1. The van der Waals surface area contributed by atoms with Crippen molar-refractivity contribution in [3.8, 4) is 0 Å². The zero-order chi connectivity index (χ0) is 14.5. The summed E-state index contributed by atoms with van der Waals surface area (Å²) in [7, 11) is 1.38. The summed E-state index contributed by atoms with van der Waals surface area (Å²) in [5, 5.41) is 3.01. The van der Waals surface area contributed by atoms with E-state index in [1.807, 2.05) is 31.2 Å². The molecule has 1 aromatic rings. The molecule has 1 heterocycles. The summed E-state index contributed by atoms with van der Waals surface area (Å²) in [6.45, 7) is 3.22. The van der Waals surface area contributed by atoms with Crippen LogP contribution in [0.3, 0.4) is 0 Å². The molecule has 0 saturated carbocycles. The Bertz CT molecular complexity index is 476. The van der Waals surface area contributed by atoms with Crippen LogP contribution in [0.1, 0.15) is 28.8 Å². The molecule has 5 heteroatoms. The van der Waals surface area contributed by atoms with Gasteiger partial charge < -0.3 is 15.0 Å².